The Bertz CT molecular complexity index is 956. The minimum absolute atomic E-state index is 0.290. The Morgan fingerprint density at radius 2 is 1.96 bits per heavy atom. The highest BCUT2D eigenvalue weighted by atomic mass is 32.1. The summed E-state index contributed by atoms with van der Waals surface area (Å²) in [6.45, 7) is 1.91. The maximum absolute atomic E-state index is 13.0. The van der Waals surface area contributed by atoms with Crippen molar-refractivity contribution >= 4 is 11.3 Å². The molecule has 1 aromatic carbocycles. The van der Waals surface area contributed by atoms with Gasteiger partial charge in [-0.15, -0.1) is 11.3 Å². The lowest BCUT2D eigenvalue weighted by Crippen LogP contribution is -1.94. The molecule has 0 aliphatic rings. The van der Waals surface area contributed by atoms with Crippen LogP contribution in [-0.2, 0) is 0 Å². The molecule has 0 atom stereocenters. The topological polar surface area (TPSA) is 69.6 Å². The molecule has 0 saturated carbocycles. The number of rotatable bonds is 3. The minimum atomic E-state index is -0.290. The van der Waals surface area contributed by atoms with E-state index in [2.05, 4.69) is 20.2 Å². The fraction of sp³-hybridized carbons (Fsp3) is 0.0667. The Kier molecular flexibility index (Phi) is 3.23. The van der Waals surface area contributed by atoms with Crippen LogP contribution < -0.4 is 0 Å². The summed E-state index contributed by atoms with van der Waals surface area (Å²) < 4.78 is 19.8. The third-order valence-corrected chi connectivity index (χ3v) is 4.09. The zero-order valence-electron chi connectivity index (χ0n) is 12.0. The normalized spacial score (nSPS) is 11.0. The average molecular weight is 327 g/mol. The number of thiazole rings is 1. The van der Waals surface area contributed by atoms with Gasteiger partial charge in [-0.25, -0.2) is 14.1 Å². The fourth-order valence-electron chi connectivity index (χ4n) is 2.05. The van der Waals surface area contributed by atoms with Gasteiger partial charge in [0.1, 0.15) is 5.82 Å². The summed E-state index contributed by atoms with van der Waals surface area (Å²) in [7, 11) is 0. The first-order chi connectivity index (χ1) is 11.2. The zero-order valence-corrected chi connectivity index (χ0v) is 12.8. The van der Waals surface area contributed by atoms with Crippen LogP contribution in [0.2, 0.25) is 0 Å². The van der Waals surface area contributed by atoms with Crippen LogP contribution >= 0.6 is 11.3 Å². The average Bonchev–Trinajstić information content (AvgIpc) is 3.27. The molecule has 0 aliphatic carbocycles. The monoisotopic (exact) mass is 327 g/mol. The van der Waals surface area contributed by atoms with Crippen LogP contribution in [0.4, 0.5) is 4.39 Å². The van der Waals surface area contributed by atoms with Crippen molar-refractivity contribution in [2.24, 2.45) is 0 Å². The Hall–Kier alpha value is -2.87. The molecule has 4 aromatic rings. The lowest BCUT2D eigenvalue weighted by molar-refractivity contribution is 0.430. The fourth-order valence-corrected chi connectivity index (χ4v) is 2.77. The van der Waals surface area contributed by atoms with Gasteiger partial charge < -0.3 is 4.52 Å². The standard InChI is InChI=1S/C15H10FN5OS/c1-9-8-23-15(17-9)13-18-14(22-20-13)12-6-7-21(19-12)11-4-2-10(16)3-5-11/h2-8H,1H3. The van der Waals surface area contributed by atoms with Crippen LogP contribution in [0.15, 0.2) is 46.4 Å². The molecule has 0 N–H and O–H groups in total. The van der Waals surface area contributed by atoms with Crippen LogP contribution in [0.5, 0.6) is 0 Å². The van der Waals surface area contributed by atoms with E-state index in [0.717, 1.165) is 11.4 Å². The van der Waals surface area contributed by atoms with Crippen molar-refractivity contribution in [1.29, 1.82) is 0 Å². The minimum Gasteiger partial charge on any atom is -0.332 e. The van der Waals surface area contributed by atoms with Gasteiger partial charge >= 0.3 is 0 Å². The predicted octanol–water partition coefficient (Wildman–Crippen LogP) is 3.49. The Morgan fingerprint density at radius 1 is 1.13 bits per heavy atom. The molecule has 114 valence electrons. The first-order valence-electron chi connectivity index (χ1n) is 6.77. The molecule has 3 heterocycles. The van der Waals surface area contributed by atoms with E-state index in [9.17, 15) is 4.39 Å². The molecule has 0 radical (unpaired) electrons. The predicted molar refractivity (Wildman–Crippen MR) is 82.7 cm³/mol. The van der Waals surface area contributed by atoms with Crippen LogP contribution in [0.3, 0.4) is 0 Å². The lowest BCUT2D eigenvalue weighted by atomic mass is 10.3. The molecule has 8 heteroatoms. The van der Waals surface area contributed by atoms with Gasteiger partial charge in [-0.05, 0) is 37.3 Å². The molecular weight excluding hydrogens is 317 g/mol. The summed E-state index contributed by atoms with van der Waals surface area (Å²) in [4.78, 5) is 8.64. The van der Waals surface area contributed by atoms with Gasteiger partial charge in [0.2, 0.25) is 5.82 Å². The molecule has 0 aliphatic heterocycles. The molecule has 0 unspecified atom stereocenters. The van der Waals surface area contributed by atoms with Gasteiger partial charge in [0.05, 0.1) is 5.69 Å². The van der Waals surface area contributed by atoms with Gasteiger partial charge in [-0.2, -0.15) is 10.1 Å². The summed E-state index contributed by atoms with van der Waals surface area (Å²) in [5, 5.41) is 10.9. The van der Waals surface area contributed by atoms with Crippen LogP contribution in [0.1, 0.15) is 5.69 Å². The van der Waals surface area contributed by atoms with Crippen molar-refractivity contribution in [1.82, 2.24) is 24.9 Å². The summed E-state index contributed by atoms with van der Waals surface area (Å²) in [5.41, 5.74) is 2.20. The molecule has 0 bridgehead atoms. The van der Waals surface area contributed by atoms with Gasteiger partial charge in [0.25, 0.3) is 5.89 Å². The van der Waals surface area contributed by atoms with E-state index in [0.29, 0.717) is 22.4 Å². The Morgan fingerprint density at radius 3 is 2.70 bits per heavy atom. The van der Waals surface area contributed by atoms with E-state index in [1.807, 2.05) is 12.3 Å². The van der Waals surface area contributed by atoms with Crippen molar-refractivity contribution in [3.8, 4) is 28.1 Å². The Labute approximate surface area is 134 Å². The van der Waals surface area contributed by atoms with E-state index < -0.39 is 0 Å². The third-order valence-electron chi connectivity index (χ3n) is 3.14. The molecule has 3 aromatic heterocycles. The largest absolute Gasteiger partial charge is 0.332 e. The third kappa shape index (κ3) is 2.64. The van der Waals surface area contributed by atoms with Crippen LogP contribution in [0.25, 0.3) is 28.1 Å². The quantitative estimate of drug-likeness (QED) is 0.576. The van der Waals surface area contributed by atoms with Gasteiger partial charge in [-0.3, -0.25) is 0 Å². The first-order valence-corrected chi connectivity index (χ1v) is 7.65. The number of halogens is 1. The zero-order chi connectivity index (χ0) is 15.8. The van der Waals surface area contributed by atoms with Crippen LogP contribution in [-0.4, -0.2) is 24.9 Å². The van der Waals surface area contributed by atoms with E-state index in [1.165, 1.54) is 23.5 Å². The molecule has 0 spiro atoms. The number of hydrogen-bond acceptors (Lipinski definition) is 6. The second kappa shape index (κ2) is 5.40. The SMILES string of the molecule is Cc1csc(-c2noc(-c3ccn(-c4ccc(F)cc4)n3)n2)n1. The van der Waals surface area contributed by atoms with E-state index in [-0.39, 0.29) is 5.82 Å². The van der Waals surface area contributed by atoms with Gasteiger partial charge in [0.15, 0.2) is 10.7 Å². The summed E-state index contributed by atoms with van der Waals surface area (Å²) in [6, 6.07) is 7.81. The number of benzene rings is 1. The molecule has 6 nitrogen and oxygen atoms in total. The molecule has 0 fully saturated rings. The molecule has 0 saturated heterocycles. The lowest BCUT2D eigenvalue weighted by Gasteiger charge is -1.99. The van der Waals surface area contributed by atoms with Crippen molar-refractivity contribution < 1.29 is 8.91 Å². The van der Waals surface area contributed by atoms with E-state index >= 15 is 0 Å². The highest BCUT2D eigenvalue weighted by Gasteiger charge is 2.15. The Balaban J connectivity index is 1.64. The molecule has 23 heavy (non-hydrogen) atoms. The number of hydrogen-bond donors (Lipinski definition) is 0. The van der Waals surface area contributed by atoms with Crippen molar-refractivity contribution in [2.45, 2.75) is 6.92 Å². The van der Waals surface area contributed by atoms with Crippen molar-refractivity contribution in [3.05, 3.63) is 53.4 Å². The first kappa shape index (κ1) is 13.8. The van der Waals surface area contributed by atoms with Crippen molar-refractivity contribution in [3.63, 3.8) is 0 Å². The van der Waals surface area contributed by atoms with Gasteiger partial charge in [-0.1, -0.05) is 5.16 Å². The summed E-state index contributed by atoms with van der Waals surface area (Å²) in [6.07, 6.45) is 1.75. The smallest absolute Gasteiger partial charge is 0.278 e. The number of nitrogens with zero attached hydrogens (tertiary/aromatic N) is 5. The summed E-state index contributed by atoms with van der Waals surface area (Å²) >= 11 is 1.46. The molecular formula is C15H10FN5OS. The maximum atomic E-state index is 13.0. The maximum Gasteiger partial charge on any atom is 0.278 e. The highest BCUT2D eigenvalue weighted by molar-refractivity contribution is 7.13. The van der Waals surface area contributed by atoms with Crippen molar-refractivity contribution in [2.75, 3.05) is 0 Å². The van der Waals surface area contributed by atoms with Crippen LogP contribution in [0, 0.1) is 12.7 Å². The second-order valence-electron chi connectivity index (χ2n) is 4.84. The van der Waals surface area contributed by atoms with Gasteiger partial charge in [0, 0.05) is 17.3 Å². The summed E-state index contributed by atoms with van der Waals surface area (Å²) in [5.74, 6) is 0.463. The number of aromatic nitrogens is 5. The van der Waals surface area contributed by atoms with E-state index in [4.69, 9.17) is 4.52 Å². The number of aryl methyl sites for hydroxylation is 1. The highest BCUT2D eigenvalue weighted by Crippen LogP contribution is 2.24. The molecule has 0 amide bonds. The molecule has 4 rings (SSSR count). The second-order valence-corrected chi connectivity index (χ2v) is 5.70. The van der Waals surface area contributed by atoms with E-state index in [1.54, 1.807) is 29.1 Å².